The molecule has 3 rings (SSSR count). The van der Waals surface area contributed by atoms with Crippen molar-refractivity contribution in [2.45, 2.75) is 31.7 Å². The first kappa shape index (κ1) is 14.6. The van der Waals surface area contributed by atoms with Gasteiger partial charge in [0.1, 0.15) is 5.82 Å². The molecule has 112 valence electrons. The van der Waals surface area contributed by atoms with E-state index in [4.69, 9.17) is 11.6 Å². The molecule has 0 unspecified atom stereocenters. The molecule has 21 heavy (non-hydrogen) atoms. The standard InChI is InChI=1S/C15H18ClN3OS/c1-18-10-8-17-15(18)12-3-2-9-19(12)14(20)7-5-11-4-6-13(16)21-11/h4,6,8,10,12H,2-3,5,7,9H2,1H3/t12-/m1/s1. The van der Waals surface area contributed by atoms with Crippen LogP contribution in [0.4, 0.5) is 0 Å². The molecule has 2 aromatic heterocycles. The number of thiophene rings is 1. The lowest BCUT2D eigenvalue weighted by Crippen LogP contribution is -2.31. The van der Waals surface area contributed by atoms with Gasteiger partial charge in [-0.15, -0.1) is 11.3 Å². The summed E-state index contributed by atoms with van der Waals surface area (Å²) < 4.78 is 2.79. The Balaban J connectivity index is 1.65. The van der Waals surface area contributed by atoms with E-state index in [9.17, 15) is 4.79 Å². The molecule has 6 heteroatoms. The third-order valence-electron chi connectivity index (χ3n) is 3.94. The molecule has 0 saturated carbocycles. The van der Waals surface area contributed by atoms with Crippen LogP contribution in [0.5, 0.6) is 0 Å². The number of hydrogen-bond acceptors (Lipinski definition) is 3. The lowest BCUT2D eigenvalue weighted by Gasteiger charge is -2.24. The van der Waals surface area contributed by atoms with E-state index in [0.717, 1.165) is 36.0 Å². The first-order chi connectivity index (χ1) is 10.1. The summed E-state index contributed by atoms with van der Waals surface area (Å²) in [5, 5.41) is 0. The molecule has 4 nitrogen and oxygen atoms in total. The summed E-state index contributed by atoms with van der Waals surface area (Å²) in [6.07, 6.45) is 7.08. The molecule has 1 aliphatic heterocycles. The van der Waals surface area contributed by atoms with Crippen LogP contribution in [0.15, 0.2) is 24.5 Å². The summed E-state index contributed by atoms with van der Waals surface area (Å²) in [5.41, 5.74) is 0. The fourth-order valence-electron chi connectivity index (χ4n) is 2.89. The Morgan fingerprint density at radius 2 is 2.38 bits per heavy atom. The van der Waals surface area contributed by atoms with Gasteiger partial charge in [-0.2, -0.15) is 0 Å². The quantitative estimate of drug-likeness (QED) is 0.864. The Morgan fingerprint density at radius 3 is 3.05 bits per heavy atom. The number of likely N-dealkylation sites (tertiary alicyclic amines) is 1. The van der Waals surface area contributed by atoms with Gasteiger partial charge in [-0.25, -0.2) is 4.98 Å². The minimum Gasteiger partial charge on any atom is -0.336 e. The van der Waals surface area contributed by atoms with Crippen LogP contribution in [0.25, 0.3) is 0 Å². The van der Waals surface area contributed by atoms with Crippen LogP contribution in [0, 0.1) is 0 Å². The Morgan fingerprint density at radius 1 is 1.52 bits per heavy atom. The third kappa shape index (κ3) is 3.14. The maximum Gasteiger partial charge on any atom is 0.223 e. The molecule has 1 saturated heterocycles. The van der Waals surface area contributed by atoms with Crippen LogP contribution in [-0.4, -0.2) is 26.9 Å². The predicted molar refractivity (Wildman–Crippen MR) is 84.5 cm³/mol. The van der Waals surface area contributed by atoms with Crippen molar-refractivity contribution in [3.8, 4) is 0 Å². The summed E-state index contributed by atoms with van der Waals surface area (Å²) in [6.45, 7) is 0.835. The number of aromatic nitrogens is 2. The number of amides is 1. The largest absolute Gasteiger partial charge is 0.336 e. The molecule has 3 heterocycles. The van der Waals surface area contributed by atoms with Gasteiger partial charge in [0.05, 0.1) is 10.4 Å². The number of nitrogens with zero attached hydrogens (tertiary/aromatic N) is 3. The summed E-state index contributed by atoms with van der Waals surface area (Å²) in [5.74, 6) is 1.20. The molecule has 0 N–H and O–H groups in total. The number of carbonyl (C=O) groups is 1. The second-order valence-corrected chi connectivity index (χ2v) is 7.15. The summed E-state index contributed by atoms with van der Waals surface area (Å²) in [4.78, 5) is 20.1. The molecule has 0 aliphatic carbocycles. The number of hydrogen-bond donors (Lipinski definition) is 0. The molecular formula is C15H18ClN3OS. The van der Waals surface area contributed by atoms with Gasteiger partial charge in [0.2, 0.25) is 5.91 Å². The van der Waals surface area contributed by atoms with E-state index in [1.54, 1.807) is 17.5 Å². The number of carbonyl (C=O) groups excluding carboxylic acids is 1. The van der Waals surface area contributed by atoms with E-state index in [1.807, 2.05) is 34.8 Å². The number of halogens is 1. The maximum atomic E-state index is 12.5. The van der Waals surface area contributed by atoms with Crippen molar-refractivity contribution in [2.24, 2.45) is 7.05 Å². The molecular weight excluding hydrogens is 306 g/mol. The number of aryl methyl sites for hydroxylation is 2. The Labute approximate surface area is 133 Å². The van der Waals surface area contributed by atoms with Gasteiger partial charge in [-0.05, 0) is 31.4 Å². The minimum atomic E-state index is 0.129. The zero-order valence-electron chi connectivity index (χ0n) is 12.0. The second kappa shape index (κ2) is 6.20. The van der Waals surface area contributed by atoms with E-state index in [-0.39, 0.29) is 11.9 Å². The van der Waals surface area contributed by atoms with Crippen LogP contribution < -0.4 is 0 Å². The van der Waals surface area contributed by atoms with E-state index >= 15 is 0 Å². The fourth-order valence-corrected chi connectivity index (χ4v) is 3.98. The van der Waals surface area contributed by atoms with E-state index in [0.29, 0.717) is 6.42 Å². The molecule has 0 aromatic carbocycles. The molecule has 1 fully saturated rings. The van der Waals surface area contributed by atoms with Crippen molar-refractivity contribution in [3.05, 3.63) is 39.6 Å². The summed E-state index contributed by atoms with van der Waals surface area (Å²) >= 11 is 7.47. The van der Waals surface area contributed by atoms with Gasteiger partial charge < -0.3 is 9.47 Å². The first-order valence-corrected chi connectivity index (χ1v) is 8.35. The van der Waals surface area contributed by atoms with Crippen molar-refractivity contribution < 1.29 is 4.79 Å². The van der Waals surface area contributed by atoms with Crippen LogP contribution in [-0.2, 0) is 18.3 Å². The molecule has 2 aromatic rings. The van der Waals surface area contributed by atoms with Crippen LogP contribution in [0.2, 0.25) is 4.34 Å². The van der Waals surface area contributed by atoms with Crippen LogP contribution >= 0.6 is 22.9 Å². The van der Waals surface area contributed by atoms with E-state index < -0.39 is 0 Å². The average Bonchev–Trinajstić information content (AvgIpc) is 3.16. The highest BCUT2D eigenvalue weighted by molar-refractivity contribution is 7.16. The fraction of sp³-hybridized carbons (Fsp3) is 0.467. The lowest BCUT2D eigenvalue weighted by atomic mass is 10.2. The smallest absolute Gasteiger partial charge is 0.223 e. The topological polar surface area (TPSA) is 38.1 Å². The van der Waals surface area contributed by atoms with Gasteiger partial charge in [-0.1, -0.05) is 11.6 Å². The van der Waals surface area contributed by atoms with Gasteiger partial charge in [-0.3, -0.25) is 4.79 Å². The highest BCUT2D eigenvalue weighted by Gasteiger charge is 2.31. The van der Waals surface area contributed by atoms with Crippen molar-refractivity contribution in [1.29, 1.82) is 0 Å². The zero-order chi connectivity index (χ0) is 14.8. The molecule has 1 amide bonds. The molecule has 0 bridgehead atoms. The second-order valence-electron chi connectivity index (χ2n) is 5.35. The first-order valence-electron chi connectivity index (χ1n) is 7.16. The van der Waals surface area contributed by atoms with Gasteiger partial charge in [0.25, 0.3) is 0 Å². The Bertz CT molecular complexity index is 636. The van der Waals surface area contributed by atoms with E-state index in [2.05, 4.69) is 4.98 Å². The van der Waals surface area contributed by atoms with Crippen LogP contribution in [0.3, 0.4) is 0 Å². The normalized spacial score (nSPS) is 18.4. The average molecular weight is 324 g/mol. The lowest BCUT2D eigenvalue weighted by molar-refractivity contribution is -0.132. The number of imidazole rings is 1. The molecule has 0 spiro atoms. The SMILES string of the molecule is Cn1ccnc1[C@H]1CCCN1C(=O)CCc1ccc(Cl)s1. The Kier molecular flexibility index (Phi) is 4.31. The summed E-state index contributed by atoms with van der Waals surface area (Å²) in [6, 6.07) is 4.02. The zero-order valence-corrected chi connectivity index (χ0v) is 13.5. The van der Waals surface area contributed by atoms with Crippen molar-refractivity contribution in [3.63, 3.8) is 0 Å². The van der Waals surface area contributed by atoms with Crippen molar-refractivity contribution >= 4 is 28.8 Å². The highest BCUT2D eigenvalue weighted by Crippen LogP contribution is 2.31. The summed E-state index contributed by atoms with van der Waals surface area (Å²) in [7, 11) is 1.98. The van der Waals surface area contributed by atoms with Gasteiger partial charge in [0.15, 0.2) is 0 Å². The monoisotopic (exact) mass is 323 g/mol. The minimum absolute atomic E-state index is 0.129. The molecule has 1 atom stereocenters. The van der Waals surface area contributed by atoms with Crippen molar-refractivity contribution in [1.82, 2.24) is 14.5 Å². The predicted octanol–water partition coefficient (Wildman–Crippen LogP) is 3.43. The molecule has 0 radical (unpaired) electrons. The highest BCUT2D eigenvalue weighted by atomic mass is 35.5. The number of rotatable bonds is 4. The van der Waals surface area contributed by atoms with E-state index in [1.165, 1.54) is 4.88 Å². The van der Waals surface area contributed by atoms with Gasteiger partial charge >= 0.3 is 0 Å². The maximum absolute atomic E-state index is 12.5. The molecule has 1 aliphatic rings. The Hall–Kier alpha value is -1.33. The van der Waals surface area contributed by atoms with Crippen molar-refractivity contribution in [2.75, 3.05) is 6.54 Å². The van der Waals surface area contributed by atoms with Crippen LogP contribution in [0.1, 0.15) is 36.0 Å². The third-order valence-corrected chi connectivity index (χ3v) is 5.23. The van der Waals surface area contributed by atoms with Gasteiger partial charge in [0, 0.05) is 37.3 Å².